The van der Waals surface area contributed by atoms with Gasteiger partial charge in [-0.3, -0.25) is 14.9 Å². The summed E-state index contributed by atoms with van der Waals surface area (Å²) < 4.78 is 15.9. The predicted octanol–water partition coefficient (Wildman–Crippen LogP) is 2.87. The number of hydrogen-bond donors (Lipinski definition) is 1. The number of amides is 1. The normalized spacial score (nSPS) is 11.4. The molecule has 0 aliphatic rings. The maximum atomic E-state index is 12.0. The van der Waals surface area contributed by atoms with E-state index in [1.807, 2.05) is 38.1 Å². The highest BCUT2D eigenvalue weighted by Crippen LogP contribution is 2.30. The number of methoxy groups -OCH3 is 1. The van der Waals surface area contributed by atoms with Crippen LogP contribution in [0.2, 0.25) is 0 Å². The van der Waals surface area contributed by atoms with Crippen molar-refractivity contribution in [2.75, 3.05) is 20.3 Å². The molecule has 0 fully saturated rings. The van der Waals surface area contributed by atoms with Gasteiger partial charge in [-0.15, -0.1) is 0 Å². The second kappa shape index (κ2) is 9.42. The molecular weight excluding hydrogens is 352 g/mol. The van der Waals surface area contributed by atoms with E-state index in [9.17, 15) is 14.9 Å². The van der Waals surface area contributed by atoms with Crippen LogP contribution in [0.4, 0.5) is 5.69 Å². The quantitative estimate of drug-likeness (QED) is 0.535. The Bertz CT molecular complexity index is 791. The van der Waals surface area contributed by atoms with Gasteiger partial charge in [0.25, 0.3) is 5.91 Å². The first-order valence-electron chi connectivity index (χ1n) is 8.33. The Labute approximate surface area is 157 Å². The number of aryl methyl sites for hydroxylation is 1. The van der Waals surface area contributed by atoms with Crippen LogP contribution in [-0.4, -0.2) is 37.2 Å². The number of nitrogens with one attached hydrogen (secondary N) is 1. The second-order valence-corrected chi connectivity index (χ2v) is 5.97. The minimum absolute atomic E-state index is 0.0674. The summed E-state index contributed by atoms with van der Waals surface area (Å²) in [5, 5.41) is 13.6. The van der Waals surface area contributed by atoms with E-state index in [0.717, 1.165) is 11.3 Å². The summed E-state index contributed by atoms with van der Waals surface area (Å²) in [6.45, 7) is 3.91. The van der Waals surface area contributed by atoms with Crippen LogP contribution in [0.3, 0.4) is 0 Å². The topological polar surface area (TPSA) is 99.9 Å². The molecule has 8 heteroatoms. The highest BCUT2D eigenvalue weighted by atomic mass is 16.6. The summed E-state index contributed by atoms with van der Waals surface area (Å²) in [5.41, 5.74) is 0.972. The molecule has 1 atom stereocenters. The molecule has 0 radical (unpaired) electrons. The lowest BCUT2D eigenvalue weighted by atomic mass is 10.2. The lowest BCUT2D eigenvalue weighted by Crippen LogP contribution is -2.39. The van der Waals surface area contributed by atoms with E-state index in [-0.39, 0.29) is 30.0 Å². The van der Waals surface area contributed by atoms with E-state index in [4.69, 9.17) is 14.2 Å². The molecule has 0 aromatic heterocycles. The maximum Gasteiger partial charge on any atom is 0.311 e. The lowest BCUT2D eigenvalue weighted by Gasteiger charge is -2.15. The van der Waals surface area contributed by atoms with Crippen LogP contribution in [0.1, 0.15) is 12.5 Å². The molecule has 0 aliphatic carbocycles. The Morgan fingerprint density at radius 3 is 2.44 bits per heavy atom. The number of nitrogens with zero attached hydrogens (tertiary/aromatic N) is 1. The molecule has 2 rings (SSSR count). The van der Waals surface area contributed by atoms with Crippen LogP contribution in [0.15, 0.2) is 42.5 Å². The third-order valence-corrected chi connectivity index (χ3v) is 3.65. The standard InChI is InChI=1S/C19H22N2O6/c1-13-4-6-15(7-5-13)26-11-14(2)20-19(22)12-27-16-8-9-17(21(23)24)18(10-16)25-3/h4-10,14H,11-12H2,1-3H3,(H,20,22)/t14-/m1/s1. The van der Waals surface area contributed by atoms with Gasteiger partial charge in [0.15, 0.2) is 6.61 Å². The number of ether oxygens (including phenoxy) is 3. The summed E-state index contributed by atoms with van der Waals surface area (Å²) >= 11 is 0. The maximum absolute atomic E-state index is 12.0. The highest BCUT2D eigenvalue weighted by Gasteiger charge is 2.16. The van der Waals surface area contributed by atoms with Gasteiger partial charge in [-0.25, -0.2) is 0 Å². The smallest absolute Gasteiger partial charge is 0.311 e. The first-order chi connectivity index (χ1) is 12.9. The van der Waals surface area contributed by atoms with E-state index in [0.29, 0.717) is 12.4 Å². The fourth-order valence-corrected chi connectivity index (χ4v) is 2.26. The molecule has 27 heavy (non-hydrogen) atoms. The van der Waals surface area contributed by atoms with Crippen molar-refractivity contribution in [2.24, 2.45) is 0 Å². The van der Waals surface area contributed by atoms with Crippen LogP contribution >= 0.6 is 0 Å². The van der Waals surface area contributed by atoms with E-state index < -0.39 is 4.92 Å². The van der Waals surface area contributed by atoms with Crippen LogP contribution in [0.25, 0.3) is 0 Å². The molecule has 2 aromatic carbocycles. The van der Waals surface area contributed by atoms with Crippen molar-refractivity contribution in [1.82, 2.24) is 5.32 Å². The zero-order valence-electron chi connectivity index (χ0n) is 15.4. The average Bonchev–Trinajstić information content (AvgIpc) is 2.65. The Morgan fingerprint density at radius 1 is 1.15 bits per heavy atom. The molecule has 0 heterocycles. The van der Waals surface area contributed by atoms with Gasteiger partial charge in [-0.2, -0.15) is 0 Å². The lowest BCUT2D eigenvalue weighted by molar-refractivity contribution is -0.385. The number of hydrogen-bond acceptors (Lipinski definition) is 6. The molecule has 0 unspecified atom stereocenters. The third kappa shape index (κ3) is 6.18. The van der Waals surface area contributed by atoms with Gasteiger partial charge in [-0.1, -0.05) is 17.7 Å². The Hall–Kier alpha value is -3.29. The molecular formula is C19H22N2O6. The minimum Gasteiger partial charge on any atom is -0.491 e. The average molecular weight is 374 g/mol. The number of nitro groups is 1. The predicted molar refractivity (Wildman–Crippen MR) is 99.4 cm³/mol. The van der Waals surface area contributed by atoms with Crippen molar-refractivity contribution in [2.45, 2.75) is 19.9 Å². The van der Waals surface area contributed by atoms with Gasteiger partial charge in [0.1, 0.15) is 18.1 Å². The first kappa shape index (κ1) is 20.0. The number of carbonyl (C=O) groups excluding carboxylic acids is 1. The number of carbonyl (C=O) groups is 1. The van der Waals surface area contributed by atoms with E-state index >= 15 is 0 Å². The van der Waals surface area contributed by atoms with E-state index in [1.54, 1.807) is 0 Å². The van der Waals surface area contributed by atoms with Gasteiger partial charge in [0, 0.05) is 12.1 Å². The summed E-state index contributed by atoms with van der Waals surface area (Å²) in [7, 11) is 1.33. The molecule has 144 valence electrons. The zero-order chi connectivity index (χ0) is 19.8. The van der Waals surface area contributed by atoms with Gasteiger partial charge >= 0.3 is 5.69 Å². The number of rotatable bonds is 9. The fourth-order valence-electron chi connectivity index (χ4n) is 2.26. The SMILES string of the molecule is COc1cc(OCC(=O)N[C@H](C)COc2ccc(C)cc2)ccc1[N+](=O)[O-]. The first-order valence-corrected chi connectivity index (χ1v) is 8.33. The van der Waals surface area contributed by atoms with Crippen LogP contribution in [-0.2, 0) is 4.79 Å². The molecule has 0 aliphatic heterocycles. The number of nitro benzene ring substituents is 1. The summed E-state index contributed by atoms with van der Waals surface area (Å²) in [5.74, 6) is 0.775. The Kier molecular flexibility index (Phi) is 6.99. The molecule has 0 spiro atoms. The monoisotopic (exact) mass is 374 g/mol. The summed E-state index contributed by atoms with van der Waals surface area (Å²) in [4.78, 5) is 22.3. The van der Waals surface area contributed by atoms with Crippen molar-refractivity contribution in [1.29, 1.82) is 0 Å². The van der Waals surface area contributed by atoms with Gasteiger partial charge in [0.2, 0.25) is 5.75 Å². The fraction of sp³-hybridized carbons (Fsp3) is 0.316. The van der Waals surface area contributed by atoms with E-state index in [1.165, 1.54) is 25.3 Å². The molecule has 1 N–H and O–H groups in total. The minimum atomic E-state index is -0.551. The van der Waals surface area contributed by atoms with Crippen molar-refractivity contribution in [3.8, 4) is 17.2 Å². The van der Waals surface area contributed by atoms with Gasteiger partial charge in [0.05, 0.1) is 18.1 Å². The summed E-state index contributed by atoms with van der Waals surface area (Å²) in [6.07, 6.45) is 0. The Balaban J connectivity index is 1.79. The van der Waals surface area contributed by atoms with Crippen LogP contribution in [0.5, 0.6) is 17.2 Å². The largest absolute Gasteiger partial charge is 0.491 e. The van der Waals surface area contributed by atoms with Crippen molar-refractivity contribution >= 4 is 11.6 Å². The van der Waals surface area contributed by atoms with Crippen LogP contribution in [0, 0.1) is 17.0 Å². The Morgan fingerprint density at radius 2 is 1.81 bits per heavy atom. The van der Waals surface area contributed by atoms with Crippen molar-refractivity contribution in [3.05, 3.63) is 58.1 Å². The van der Waals surface area contributed by atoms with Crippen LogP contribution < -0.4 is 19.5 Å². The third-order valence-electron chi connectivity index (χ3n) is 3.65. The molecule has 8 nitrogen and oxygen atoms in total. The second-order valence-electron chi connectivity index (χ2n) is 5.97. The molecule has 0 saturated heterocycles. The number of benzene rings is 2. The highest BCUT2D eigenvalue weighted by molar-refractivity contribution is 5.77. The molecule has 0 bridgehead atoms. The van der Waals surface area contributed by atoms with Crippen molar-refractivity contribution < 1.29 is 23.9 Å². The van der Waals surface area contributed by atoms with E-state index in [2.05, 4.69) is 5.32 Å². The molecule has 2 aromatic rings. The van der Waals surface area contributed by atoms with Gasteiger partial charge in [-0.05, 0) is 32.0 Å². The van der Waals surface area contributed by atoms with Gasteiger partial charge < -0.3 is 19.5 Å². The van der Waals surface area contributed by atoms with Crippen molar-refractivity contribution in [3.63, 3.8) is 0 Å². The summed E-state index contributed by atoms with van der Waals surface area (Å²) in [6, 6.07) is 11.5. The molecule has 0 saturated carbocycles. The zero-order valence-corrected chi connectivity index (χ0v) is 15.4. The molecule has 1 amide bonds.